The molecule has 2 aromatic carbocycles. The van der Waals surface area contributed by atoms with Crippen LogP contribution in [0.4, 0.5) is 5.69 Å². The Morgan fingerprint density at radius 3 is 2.48 bits per heavy atom. The molecule has 2 rings (SSSR count). The number of nitrogens with one attached hydrogen (secondary N) is 3. The number of anilines is 1. The molecule has 0 atom stereocenters. The second kappa shape index (κ2) is 9.03. The fraction of sp³-hybridized carbons (Fsp3) is 0.263. The Labute approximate surface area is 153 Å². The molecule has 25 heavy (non-hydrogen) atoms. The average Bonchev–Trinajstić information content (AvgIpc) is 2.62. The number of ether oxygens (including phenoxy) is 1. The predicted molar refractivity (Wildman–Crippen MR) is 105 cm³/mol. The van der Waals surface area contributed by atoms with Gasteiger partial charge in [0, 0.05) is 5.69 Å². The van der Waals surface area contributed by atoms with E-state index in [0.29, 0.717) is 10.9 Å². The molecule has 0 bridgehead atoms. The van der Waals surface area contributed by atoms with E-state index in [0.717, 1.165) is 17.7 Å². The summed E-state index contributed by atoms with van der Waals surface area (Å²) in [6, 6.07) is 13.6. The summed E-state index contributed by atoms with van der Waals surface area (Å²) >= 11 is 5.18. The van der Waals surface area contributed by atoms with Crippen LogP contribution in [-0.4, -0.2) is 17.6 Å². The maximum absolute atomic E-state index is 11.8. The van der Waals surface area contributed by atoms with E-state index in [2.05, 4.69) is 23.1 Å². The Bertz CT molecular complexity index is 745. The van der Waals surface area contributed by atoms with Crippen LogP contribution in [-0.2, 0) is 11.2 Å². The number of aryl methyl sites for hydroxylation is 2. The highest BCUT2D eigenvalue weighted by Gasteiger charge is 2.06. The molecule has 0 saturated heterocycles. The molecule has 0 aliphatic heterocycles. The third-order valence-corrected chi connectivity index (χ3v) is 4.07. The largest absolute Gasteiger partial charge is 0.484 e. The van der Waals surface area contributed by atoms with Crippen LogP contribution in [0, 0.1) is 13.8 Å². The maximum Gasteiger partial charge on any atom is 0.276 e. The minimum atomic E-state index is -0.315. The van der Waals surface area contributed by atoms with Crippen molar-refractivity contribution in [2.75, 3.05) is 11.9 Å². The Morgan fingerprint density at radius 1 is 1.08 bits per heavy atom. The van der Waals surface area contributed by atoms with Crippen LogP contribution in [0.2, 0.25) is 0 Å². The molecule has 0 heterocycles. The quantitative estimate of drug-likeness (QED) is 0.566. The van der Waals surface area contributed by atoms with E-state index in [1.807, 2.05) is 56.3 Å². The van der Waals surface area contributed by atoms with Crippen molar-refractivity contribution in [3.63, 3.8) is 0 Å². The van der Waals surface area contributed by atoms with Gasteiger partial charge < -0.3 is 10.1 Å². The topological polar surface area (TPSA) is 62.4 Å². The molecule has 0 unspecified atom stereocenters. The molecule has 3 N–H and O–H groups in total. The zero-order chi connectivity index (χ0) is 18.2. The molecule has 0 aliphatic rings. The van der Waals surface area contributed by atoms with Crippen LogP contribution in [0.3, 0.4) is 0 Å². The van der Waals surface area contributed by atoms with E-state index in [1.165, 1.54) is 11.1 Å². The fourth-order valence-electron chi connectivity index (χ4n) is 2.17. The molecule has 0 saturated carbocycles. The van der Waals surface area contributed by atoms with Crippen LogP contribution in [0.5, 0.6) is 5.75 Å². The highest BCUT2D eigenvalue weighted by Crippen LogP contribution is 2.17. The molecule has 2 aromatic rings. The number of hydrogen-bond donors (Lipinski definition) is 3. The first-order valence-electron chi connectivity index (χ1n) is 8.13. The van der Waals surface area contributed by atoms with Gasteiger partial charge in [0.2, 0.25) is 0 Å². The molecule has 5 nitrogen and oxygen atoms in total. The Hall–Kier alpha value is -2.60. The van der Waals surface area contributed by atoms with Crippen molar-refractivity contribution < 1.29 is 9.53 Å². The Morgan fingerprint density at radius 2 is 1.80 bits per heavy atom. The van der Waals surface area contributed by atoms with E-state index in [-0.39, 0.29) is 12.5 Å². The molecule has 0 fully saturated rings. The zero-order valence-corrected chi connectivity index (χ0v) is 15.5. The molecular formula is C19H23N3O2S. The lowest BCUT2D eigenvalue weighted by atomic mass is 10.1. The van der Waals surface area contributed by atoms with Gasteiger partial charge in [0.25, 0.3) is 5.91 Å². The summed E-state index contributed by atoms with van der Waals surface area (Å²) in [6.45, 7) is 6.04. The van der Waals surface area contributed by atoms with Crippen molar-refractivity contribution in [2.24, 2.45) is 0 Å². The number of hydrogen-bond acceptors (Lipinski definition) is 3. The number of thiocarbonyl (C=S) groups is 1. The summed E-state index contributed by atoms with van der Waals surface area (Å²) in [4.78, 5) is 11.8. The molecule has 0 aliphatic carbocycles. The fourth-order valence-corrected chi connectivity index (χ4v) is 2.33. The first-order valence-corrected chi connectivity index (χ1v) is 8.54. The van der Waals surface area contributed by atoms with Gasteiger partial charge in [-0.25, -0.2) is 0 Å². The molecule has 0 spiro atoms. The number of carbonyl (C=O) groups excluding carboxylic acids is 1. The first kappa shape index (κ1) is 18.7. The lowest BCUT2D eigenvalue weighted by Crippen LogP contribution is -2.45. The molecule has 0 radical (unpaired) electrons. The second-order valence-corrected chi connectivity index (χ2v) is 6.07. The number of hydrazine groups is 1. The SMILES string of the molecule is CCc1ccc(OCC(=O)NNC(=S)Nc2cccc(C)c2C)cc1. The Balaban J connectivity index is 1.75. The van der Waals surface area contributed by atoms with Gasteiger partial charge in [-0.05, 0) is 67.4 Å². The normalized spacial score (nSPS) is 10.0. The number of amides is 1. The van der Waals surface area contributed by atoms with Crippen molar-refractivity contribution >= 4 is 28.9 Å². The summed E-state index contributed by atoms with van der Waals surface area (Å²) in [5.74, 6) is 0.341. The minimum Gasteiger partial charge on any atom is -0.484 e. The van der Waals surface area contributed by atoms with Gasteiger partial charge in [0.15, 0.2) is 11.7 Å². The highest BCUT2D eigenvalue weighted by molar-refractivity contribution is 7.80. The van der Waals surface area contributed by atoms with Crippen molar-refractivity contribution in [1.29, 1.82) is 0 Å². The standard InChI is InChI=1S/C19H23N3O2S/c1-4-15-8-10-16(11-9-15)24-12-18(23)21-22-19(25)20-17-7-5-6-13(2)14(17)3/h5-11H,4,12H2,1-3H3,(H,21,23)(H2,20,22,25). The summed E-state index contributed by atoms with van der Waals surface area (Å²) in [7, 11) is 0. The smallest absolute Gasteiger partial charge is 0.276 e. The van der Waals surface area contributed by atoms with Gasteiger partial charge in [-0.15, -0.1) is 0 Å². The molecular weight excluding hydrogens is 334 g/mol. The molecule has 1 amide bonds. The first-order chi connectivity index (χ1) is 12.0. The number of rotatable bonds is 5. The lowest BCUT2D eigenvalue weighted by Gasteiger charge is -2.14. The van der Waals surface area contributed by atoms with Crippen LogP contribution < -0.4 is 20.9 Å². The highest BCUT2D eigenvalue weighted by atomic mass is 32.1. The molecule has 132 valence electrons. The third-order valence-electron chi connectivity index (χ3n) is 3.87. The molecule has 6 heteroatoms. The van der Waals surface area contributed by atoms with Gasteiger partial charge in [-0.2, -0.15) is 0 Å². The number of carbonyl (C=O) groups is 1. The summed E-state index contributed by atoms with van der Waals surface area (Å²) in [6.07, 6.45) is 0.968. The lowest BCUT2D eigenvalue weighted by molar-refractivity contribution is -0.123. The third kappa shape index (κ3) is 5.76. The summed E-state index contributed by atoms with van der Waals surface area (Å²) in [5.41, 5.74) is 9.58. The van der Waals surface area contributed by atoms with Gasteiger partial charge in [-0.3, -0.25) is 15.6 Å². The van der Waals surface area contributed by atoms with Crippen molar-refractivity contribution in [3.8, 4) is 5.75 Å². The maximum atomic E-state index is 11.8. The van der Waals surface area contributed by atoms with Crippen molar-refractivity contribution in [1.82, 2.24) is 10.9 Å². The Kier molecular flexibility index (Phi) is 6.77. The number of benzene rings is 2. The van der Waals surface area contributed by atoms with Crippen LogP contribution in [0.1, 0.15) is 23.6 Å². The van der Waals surface area contributed by atoms with Gasteiger partial charge in [-0.1, -0.05) is 31.2 Å². The molecule has 0 aromatic heterocycles. The van der Waals surface area contributed by atoms with Gasteiger partial charge in [0.05, 0.1) is 0 Å². The van der Waals surface area contributed by atoms with E-state index in [9.17, 15) is 4.79 Å². The van der Waals surface area contributed by atoms with Gasteiger partial charge in [0.1, 0.15) is 5.75 Å². The van der Waals surface area contributed by atoms with Crippen molar-refractivity contribution in [2.45, 2.75) is 27.2 Å². The van der Waals surface area contributed by atoms with Crippen LogP contribution in [0.25, 0.3) is 0 Å². The average molecular weight is 357 g/mol. The van der Waals surface area contributed by atoms with Crippen LogP contribution >= 0.6 is 12.2 Å². The monoisotopic (exact) mass is 357 g/mol. The van der Waals surface area contributed by atoms with E-state index >= 15 is 0 Å². The second-order valence-electron chi connectivity index (χ2n) is 5.66. The summed E-state index contributed by atoms with van der Waals surface area (Å²) in [5, 5.41) is 3.37. The van der Waals surface area contributed by atoms with E-state index in [4.69, 9.17) is 17.0 Å². The summed E-state index contributed by atoms with van der Waals surface area (Å²) < 4.78 is 5.44. The van der Waals surface area contributed by atoms with E-state index < -0.39 is 0 Å². The minimum absolute atomic E-state index is 0.0927. The van der Waals surface area contributed by atoms with Crippen LogP contribution in [0.15, 0.2) is 42.5 Å². The predicted octanol–water partition coefficient (Wildman–Crippen LogP) is 3.26. The van der Waals surface area contributed by atoms with Gasteiger partial charge >= 0.3 is 0 Å². The van der Waals surface area contributed by atoms with E-state index in [1.54, 1.807) is 0 Å². The van der Waals surface area contributed by atoms with Crippen molar-refractivity contribution in [3.05, 3.63) is 59.2 Å². The zero-order valence-electron chi connectivity index (χ0n) is 14.7.